The van der Waals surface area contributed by atoms with Gasteiger partial charge in [-0.15, -0.1) is 0 Å². The van der Waals surface area contributed by atoms with E-state index in [9.17, 15) is 9.90 Å². The fraction of sp³-hybridized carbons (Fsp3) is 0.273. The van der Waals surface area contributed by atoms with Crippen LogP contribution in [0.3, 0.4) is 0 Å². The third-order valence-corrected chi connectivity index (χ3v) is 4.72. The van der Waals surface area contributed by atoms with Gasteiger partial charge in [-0.25, -0.2) is 0 Å². The number of hydrogen-bond acceptors (Lipinski definition) is 4. The van der Waals surface area contributed by atoms with Gasteiger partial charge < -0.3 is 14.7 Å². The van der Waals surface area contributed by atoms with Crippen LogP contribution in [0.5, 0.6) is 5.75 Å². The number of rotatable bonds is 6. The SMILES string of the molecule is COc1cccc(C(O)CN(C)C(=O)c2cc(-c3ccc(C)cc3)n(C)n2)c1. The number of nitrogens with zero attached hydrogens (tertiary/aromatic N) is 3. The number of benzene rings is 2. The standard InChI is InChI=1S/C22H25N3O3/c1-15-8-10-16(11-9-15)20-13-19(23-25(20)3)22(27)24(2)14-21(26)17-6-5-7-18(12-17)28-4/h5-13,21,26H,14H2,1-4H3. The highest BCUT2D eigenvalue weighted by molar-refractivity contribution is 5.93. The van der Waals surface area contributed by atoms with Crippen LogP contribution in [0.2, 0.25) is 0 Å². The largest absolute Gasteiger partial charge is 0.497 e. The fourth-order valence-electron chi connectivity index (χ4n) is 3.06. The molecule has 0 bridgehead atoms. The molecule has 0 spiro atoms. The van der Waals surface area contributed by atoms with Crippen molar-refractivity contribution in [1.82, 2.24) is 14.7 Å². The van der Waals surface area contributed by atoms with Gasteiger partial charge in [-0.2, -0.15) is 5.10 Å². The quantitative estimate of drug-likeness (QED) is 0.714. The first kappa shape index (κ1) is 19.6. The van der Waals surface area contributed by atoms with Crippen molar-refractivity contribution in [2.24, 2.45) is 7.05 Å². The van der Waals surface area contributed by atoms with Crippen LogP contribution in [0.25, 0.3) is 11.3 Å². The Bertz CT molecular complexity index is 963. The smallest absolute Gasteiger partial charge is 0.274 e. The Morgan fingerprint density at radius 2 is 1.93 bits per heavy atom. The molecule has 2 aromatic carbocycles. The fourth-order valence-corrected chi connectivity index (χ4v) is 3.06. The van der Waals surface area contributed by atoms with Gasteiger partial charge in [-0.1, -0.05) is 42.0 Å². The number of carbonyl (C=O) groups excluding carboxylic acids is 1. The van der Waals surface area contributed by atoms with Gasteiger partial charge in [0.15, 0.2) is 5.69 Å². The predicted molar refractivity (Wildman–Crippen MR) is 108 cm³/mol. The molecular formula is C22H25N3O3. The Kier molecular flexibility index (Phi) is 5.80. The van der Waals surface area contributed by atoms with Crippen molar-refractivity contribution in [3.05, 3.63) is 71.4 Å². The summed E-state index contributed by atoms with van der Waals surface area (Å²) in [5.74, 6) is 0.425. The number of aliphatic hydroxyl groups is 1. The van der Waals surface area contributed by atoms with Crippen molar-refractivity contribution < 1.29 is 14.6 Å². The topological polar surface area (TPSA) is 67.6 Å². The lowest BCUT2D eigenvalue weighted by Gasteiger charge is -2.20. The van der Waals surface area contributed by atoms with Gasteiger partial charge in [0.2, 0.25) is 0 Å². The summed E-state index contributed by atoms with van der Waals surface area (Å²) in [6, 6.07) is 17.1. The normalized spacial score (nSPS) is 11.9. The van der Waals surface area contributed by atoms with Crippen molar-refractivity contribution in [3.8, 4) is 17.0 Å². The molecule has 6 nitrogen and oxygen atoms in total. The van der Waals surface area contributed by atoms with Crippen molar-refractivity contribution in [1.29, 1.82) is 0 Å². The minimum atomic E-state index is -0.815. The van der Waals surface area contributed by atoms with Crippen LogP contribution in [0.1, 0.15) is 27.7 Å². The van der Waals surface area contributed by atoms with E-state index in [1.807, 2.05) is 56.4 Å². The lowest BCUT2D eigenvalue weighted by molar-refractivity contribution is 0.0674. The van der Waals surface area contributed by atoms with E-state index in [0.717, 1.165) is 11.3 Å². The second-order valence-corrected chi connectivity index (χ2v) is 6.88. The summed E-state index contributed by atoms with van der Waals surface area (Å²) in [6.45, 7) is 2.19. The van der Waals surface area contributed by atoms with Crippen molar-refractivity contribution in [2.75, 3.05) is 20.7 Å². The first-order valence-electron chi connectivity index (χ1n) is 9.07. The number of ether oxygens (including phenoxy) is 1. The van der Waals surface area contributed by atoms with Gasteiger partial charge in [0, 0.05) is 14.1 Å². The highest BCUT2D eigenvalue weighted by atomic mass is 16.5. The van der Waals surface area contributed by atoms with Crippen LogP contribution in [-0.4, -0.2) is 46.4 Å². The van der Waals surface area contributed by atoms with Crippen LogP contribution in [0.15, 0.2) is 54.6 Å². The number of aromatic nitrogens is 2. The molecule has 0 fully saturated rings. The van der Waals surface area contributed by atoms with Gasteiger partial charge >= 0.3 is 0 Å². The molecule has 146 valence electrons. The van der Waals surface area contributed by atoms with Gasteiger partial charge in [-0.3, -0.25) is 9.48 Å². The number of carbonyl (C=O) groups is 1. The molecular weight excluding hydrogens is 354 g/mol. The number of aryl methyl sites for hydroxylation is 2. The molecule has 0 saturated carbocycles. The van der Waals surface area contributed by atoms with E-state index < -0.39 is 6.10 Å². The molecule has 1 heterocycles. The van der Waals surface area contributed by atoms with E-state index in [2.05, 4.69) is 5.10 Å². The number of methoxy groups -OCH3 is 1. The minimum absolute atomic E-state index is 0.155. The van der Waals surface area contributed by atoms with E-state index in [1.54, 1.807) is 31.0 Å². The molecule has 3 aromatic rings. The molecule has 0 saturated heterocycles. The molecule has 6 heteroatoms. The van der Waals surface area contributed by atoms with Crippen molar-refractivity contribution >= 4 is 5.91 Å². The van der Waals surface area contributed by atoms with Crippen molar-refractivity contribution in [2.45, 2.75) is 13.0 Å². The molecule has 1 N–H and O–H groups in total. The summed E-state index contributed by atoms with van der Waals surface area (Å²) < 4.78 is 6.89. The van der Waals surface area contributed by atoms with Gasteiger partial charge in [0.25, 0.3) is 5.91 Å². The number of hydrogen-bond donors (Lipinski definition) is 1. The highest BCUT2D eigenvalue weighted by Gasteiger charge is 2.20. The molecule has 1 amide bonds. The Balaban J connectivity index is 1.74. The van der Waals surface area contributed by atoms with Gasteiger partial charge in [0.05, 0.1) is 25.5 Å². The Morgan fingerprint density at radius 3 is 2.61 bits per heavy atom. The van der Waals surface area contributed by atoms with Gasteiger partial charge in [-0.05, 0) is 36.2 Å². The highest BCUT2D eigenvalue weighted by Crippen LogP contribution is 2.22. The zero-order valence-electron chi connectivity index (χ0n) is 16.6. The van der Waals surface area contributed by atoms with E-state index in [-0.39, 0.29) is 12.5 Å². The third-order valence-electron chi connectivity index (χ3n) is 4.72. The second-order valence-electron chi connectivity index (χ2n) is 6.88. The molecule has 1 atom stereocenters. The van der Waals surface area contributed by atoms with Crippen LogP contribution in [0, 0.1) is 6.92 Å². The summed E-state index contributed by atoms with van der Waals surface area (Å²) in [4.78, 5) is 14.3. The van der Waals surface area contributed by atoms with Crippen LogP contribution < -0.4 is 4.74 Å². The molecule has 3 rings (SSSR count). The summed E-state index contributed by atoms with van der Waals surface area (Å²) in [6.07, 6.45) is -0.815. The number of aliphatic hydroxyl groups excluding tert-OH is 1. The van der Waals surface area contributed by atoms with Crippen LogP contribution in [-0.2, 0) is 7.05 Å². The number of amides is 1. The zero-order valence-corrected chi connectivity index (χ0v) is 16.6. The lowest BCUT2D eigenvalue weighted by Crippen LogP contribution is -2.31. The zero-order chi connectivity index (χ0) is 20.3. The Morgan fingerprint density at radius 1 is 1.21 bits per heavy atom. The van der Waals surface area contributed by atoms with Crippen molar-refractivity contribution in [3.63, 3.8) is 0 Å². The average Bonchev–Trinajstić information content (AvgIpc) is 3.09. The predicted octanol–water partition coefficient (Wildman–Crippen LogP) is 3.21. The summed E-state index contributed by atoms with van der Waals surface area (Å²) >= 11 is 0. The van der Waals surface area contributed by atoms with E-state index in [0.29, 0.717) is 17.0 Å². The molecule has 0 aliphatic carbocycles. The summed E-state index contributed by atoms with van der Waals surface area (Å²) in [5, 5.41) is 14.9. The van der Waals surface area contributed by atoms with Crippen LogP contribution >= 0.6 is 0 Å². The first-order valence-corrected chi connectivity index (χ1v) is 9.07. The van der Waals surface area contributed by atoms with E-state index in [1.165, 1.54) is 10.5 Å². The first-order chi connectivity index (χ1) is 13.4. The lowest BCUT2D eigenvalue weighted by atomic mass is 10.1. The molecule has 1 unspecified atom stereocenters. The minimum Gasteiger partial charge on any atom is -0.497 e. The molecule has 28 heavy (non-hydrogen) atoms. The maximum Gasteiger partial charge on any atom is 0.274 e. The molecule has 0 aliphatic heterocycles. The van der Waals surface area contributed by atoms with Gasteiger partial charge in [0.1, 0.15) is 5.75 Å². The van der Waals surface area contributed by atoms with E-state index >= 15 is 0 Å². The summed E-state index contributed by atoms with van der Waals surface area (Å²) in [5.41, 5.74) is 4.08. The monoisotopic (exact) mass is 379 g/mol. The third kappa shape index (κ3) is 4.23. The summed E-state index contributed by atoms with van der Waals surface area (Å²) in [7, 11) is 5.05. The maximum atomic E-state index is 12.8. The average molecular weight is 379 g/mol. The maximum absolute atomic E-state index is 12.8. The van der Waals surface area contributed by atoms with Crippen LogP contribution in [0.4, 0.5) is 0 Å². The number of likely N-dealkylation sites (N-methyl/N-ethyl adjacent to an activating group) is 1. The molecule has 1 aromatic heterocycles. The molecule has 0 radical (unpaired) electrons. The van der Waals surface area contributed by atoms with E-state index in [4.69, 9.17) is 4.74 Å². The Labute approximate surface area is 165 Å². The second kappa shape index (κ2) is 8.27. The molecule has 0 aliphatic rings. The Hall–Kier alpha value is -3.12.